The summed E-state index contributed by atoms with van der Waals surface area (Å²) in [6, 6.07) is 0. The maximum absolute atomic E-state index is 11.0. The van der Waals surface area contributed by atoms with Crippen molar-refractivity contribution in [2.24, 2.45) is 0 Å². The maximum atomic E-state index is 11.0. The molecule has 0 aliphatic rings. The van der Waals surface area contributed by atoms with Crippen molar-refractivity contribution in [1.29, 1.82) is 0 Å². The van der Waals surface area contributed by atoms with Gasteiger partial charge in [0.2, 0.25) is 0 Å². The number of carboxylic acid groups (broad SMARTS) is 5. The van der Waals surface area contributed by atoms with Gasteiger partial charge in [0, 0.05) is 26.2 Å². The molecule has 0 aromatic carbocycles. The van der Waals surface area contributed by atoms with Crippen molar-refractivity contribution in [1.82, 2.24) is 14.7 Å². The molecule has 1 radical (unpaired) electrons. The molecule has 0 saturated carbocycles. The van der Waals surface area contributed by atoms with Crippen molar-refractivity contribution in [3.05, 3.63) is 0 Å². The first-order valence-corrected chi connectivity index (χ1v) is 7.75. The van der Waals surface area contributed by atoms with E-state index in [1.807, 2.05) is 0 Å². The summed E-state index contributed by atoms with van der Waals surface area (Å²) in [5.41, 5.74) is 0. The predicted octanol–water partition coefficient (Wildman–Crippen LogP) is -6.51. The fourth-order valence-corrected chi connectivity index (χ4v) is 2.22. The molecule has 0 atom stereocenters. The Hall–Kier alpha value is -0.485. The zero-order valence-electron chi connectivity index (χ0n) is 16.3. The number of hydrogen-bond donors (Lipinski definition) is 5. The van der Waals surface area contributed by atoms with Crippen molar-refractivity contribution in [3.63, 3.8) is 0 Å². The smallest absolute Gasteiger partial charge is 0.480 e. The van der Waals surface area contributed by atoms with Crippen molar-refractivity contribution in [2.75, 3.05) is 58.9 Å². The maximum Gasteiger partial charge on any atom is 3.00 e. The average Bonchev–Trinajstić information content (AvgIpc) is 2.46. The fourth-order valence-electron chi connectivity index (χ4n) is 2.22. The zero-order valence-corrected chi connectivity index (χ0v) is 20.6. The van der Waals surface area contributed by atoms with Gasteiger partial charge in [0.05, 0.1) is 32.7 Å². The molecule has 167 valence electrons. The standard InChI is InChI=1S/C14H23N3O10.Gd.Na.H2O/c18-10(19)5-15(1-3-16(6-11(20)21)7-12(22)23)2-4-17(8-13(24)25)9-14(26)27;;;/h1-9H2,(H,18,19)(H,20,21)(H,22,23)(H,24,25)(H,26,27);;;1H2/q;+3;+1;. The molecular weight excluding hydrogens is 566 g/mol. The SMILES string of the molecule is O.O=C(O)CN(CCN(CC(=O)O)CC(=O)O)CCN(CC(=O)O)CC(=O)O.[Gd+3].[Na+]. The molecular formula is C14H25GdN3NaO11+4. The summed E-state index contributed by atoms with van der Waals surface area (Å²) in [7, 11) is 0. The molecule has 0 aliphatic carbocycles. The largest absolute Gasteiger partial charge is 3.00 e. The Balaban J connectivity index is -0.00000113. The van der Waals surface area contributed by atoms with Gasteiger partial charge in [-0.25, -0.2) is 0 Å². The molecule has 0 aromatic rings. The summed E-state index contributed by atoms with van der Waals surface area (Å²) in [5.74, 6) is -6.16. The average molecular weight is 592 g/mol. The molecule has 0 heterocycles. The first-order valence-electron chi connectivity index (χ1n) is 7.75. The Labute approximate surface area is 226 Å². The first-order chi connectivity index (χ1) is 12.5. The zero-order chi connectivity index (χ0) is 21.0. The Kier molecular flexibility index (Phi) is 25.1. The minimum atomic E-state index is -1.24. The van der Waals surface area contributed by atoms with Gasteiger partial charge in [-0.05, 0) is 0 Å². The summed E-state index contributed by atoms with van der Waals surface area (Å²) < 4.78 is 0. The van der Waals surface area contributed by atoms with Crippen LogP contribution in [-0.4, -0.2) is 134 Å². The third-order valence-electron chi connectivity index (χ3n) is 3.26. The molecule has 0 bridgehead atoms. The number of nitrogens with zero attached hydrogens (tertiary/aromatic N) is 3. The topological polar surface area (TPSA) is 228 Å². The molecule has 0 unspecified atom stereocenters. The quantitative estimate of drug-likeness (QED) is 0.105. The van der Waals surface area contributed by atoms with Gasteiger partial charge in [0.25, 0.3) is 0 Å². The van der Waals surface area contributed by atoms with E-state index in [2.05, 4.69) is 0 Å². The van der Waals surface area contributed by atoms with E-state index in [0.717, 1.165) is 9.80 Å². The number of hydrogen-bond acceptors (Lipinski definition) is 8. The number of rotatable bonds is 16. The molecule has 14 nitrogen and oxygen atoms in total. The molecule has 30 heavy (non-hydrogen) atoms. The van der Waals surface area contributed by atoms with Crippen LogP contribution in [0.2, 0.25) is 0 Å². The van der Waals surface area contributed by atoms with E-state index < -0.39 is 62.6 Å². The molecule has 0 fully saturated rings. The molecule has 0 spiro atoms. The molecule has 7 N–H and O–H groups in total. The molecule has 0 amide bonds. The second-order valence-electron chi connectivity index (χ2n) is 5.67. The van der Waals surface area contributed by atoms with Gasteiger partial charge in [0.15, 0.2) is 0 Å². The first kappa shape index (κ1) is 36.9. The Morgan fingerprint density at radius 3 is 0.833 bits per heavy atom. The number of aliphatic carboxylic acids is 5. The fraction of sp³-hybridized carbons (Fsp3) is 0.643. The van der Waals surface area contributed by atoms with Crippen LogP contribution in [0.4, 0.5) is 0 Å². The van der Waals surface area contributed by atoms with Gasteiger partial charge in [-0.3, -0.25) is 38.7 Å². The van der Waals surface area contributed by atoms with Crippen LogP contribution < -0.4 is 29.6 Å². The normalized spacial score (nSPS) is 9.97. The van der Waals surface area contributed by atoms with Gasteiger partial charge >= 0.3 is 99.3 Å². The Morgan fingerprint density at radius 1 is 0.467 bits per heavy atom. The summed E-state index contributed by atoms with van der Waals surface area (Å²) in [4.78, 5) is 57.6. The second-order valence-corrected chi connectivity index (χ2v) is 5.67. The van der Waals surface area contributed by atoms with Crippen LogP contribution in [0.5, 0.6) is 0 Å². The third kappa shape index (κ3) is 22.2. The van der Waals surface area contributed by atoms with E-state index in [4.69, 9.17) is 25.5 Å². The van der Waals surface area contributed by atoms with Crippen LogP contribution in [0, 0.1) is 39.9 Å². The van der Waals surface area contributed by atoms with Crippen LogP contribution in [0.15, 0.2) is 0 Å². The van der Waals surface area contributed by atoms with Crippen LogP contribution in [0.3, 0.4) is 0 Å². The van der Waals surface area contributed by atoms with Gasteiger partial charge in [-0.2, -0.15) is 0 Å². The second kappa shape index (κ2) is 20.4. The van der Waals surface area contributed by atoms with E-state index >= 15 is 0 Å². The van der Waals surface area contributed by atoms with Gasteiger partial charge in [-0.1, -0.05) is 0 Å². The minimum absolute atomic E-state index is 0. The minimum Gasteiger partial charge on any atom is -0.480 e. The van der Waals surface area contributed by atoms with E-state index in [1.165, 1.54) is 4.90 Å². The molecule has 16 heteroatoms. The Bertz CT molecular complexity index is 495. The number of carboxylic acids is 5. The van der Waals surface area contributed by atoms with E-state index in [1.54, 1.807) is 0 Å². The summed E-state index contributed by atoms with van der Waals surface area (Å²) in [6.45, 7) is -2.74. The molecule has 0 aliphatic heterocycles. The van der Waals surface area contributed by atoms with Crippen molar-refractivity contribution < 1.29 is 124 Å². The van der Waals surface area contributed by atoms with E-state index in [-0.39, 0.29) is 101 Å². The van der Waals surface area contributed by atoms with Gasteiger partial charge in [0.1, 0.15) is 0 Å². The van der Waals surface area contributed by atoms with Crippen molar-refractivity contribution in [2.45, 2.75) is 0 Å². The summed E-state index contributed by atoms with van der Waals surface area (Å²) in [6.07, 6.45) is 0. The summed E-state index contributed by atoms with van der Waals surface area (Å²) >= 11 is 0. The van der Waals surface area contributed by atoms with Crippen LogP contribution in [0.1, 0.15) is 0 Å². The van der Waals surface area contributed by atoms with Gasteiger partial charge in [-0.15, -0.1) is 0 Å². The van der Waals surface area contributed by atoms with Crippen molar-refractivity contribution in [3.8, 4) is 0 Å². The van der Waals surface area contributed by atoms with Crippen molar-refractivity contribution >= 4 is 29.8 Å². The monoisotopic (exact) mass is 592 g/mol. The van der Waals surface area contributed by atoms with Crippen LogP contribution >= 0.6 is 0 Å². The Morgan fingerprint density at radius 2 is 0.633 bits per heavy atom. The van der Waals surface area contributed by atoms with Crippen LogP contribution in [-0.2, 0) is 24.0 Å². The summed E-state index contributed by atoms with van der Waals surface area (Å²) in [5, 5.41) is 44.1. The van der Waals surface area contributed by atoms with Gasteiger partial charge < -0.3 is 31.0 Å². The molecule has 0 aromatic heterocycles. The predicted molar refractivity (Wildman–Crippen MR) is 91.1 cm³/mol. The van der Waals surface area contributed by atoms with E-state index in [0.29, 0.717) is 0 Å². The third-order valence-corrected chi connectivity index (χ3v) is 3.26. The molecule has 0 saturated heterocycles. The van der Waals surface area contributed by atoms with E-state index in [9.17, 15) is 24.0 Å². The van der Waals surface area contributed by atoms with Crippen LogP contribution in [0.25, 0.3) is 0 Å². The number of carbonyl (C=O) groups is 5. The molecule has 0 rings (SSSR count).